The number of rotatable bonds is 4. The lowest BCUT2D eigenvalue weighted by Gasteiger charge is -2.27. The molecule has 0 fully saturated rings. The van der Waals surface area contributed by atoms with Gasteiger partial charge in [-0.15, -0.1) is 0 Å². The van der Waals surface area contributed by atoms with E-state index in [-0.39, 0.29) is 0 Å². The molecule has 0 bridgehead atoms. The van der Waals surface area contributed by atoms with Crippen LogP contribution in [0.1, 0.15) is 32.8 Å². The Bertz CT molecular complexity index is 262. The van der Waals surface area contributed by atoms with Gasteiger partial charge >= 0.3 is 0 Å². The predicted molar refractivity (Wildman–Crippen MR) is 60.2 cm³/mol. The molecule has 0 amide bonds. The fraction of sp³-hybridized carbons (Fsp3) is 0.538. The molecule has 1 nitrogen and oxygen atoms in total. The highest BCUT2D eigenvalue weighted by atomic mass is 16.3. The second-order valence-electron chi connectivity index (χ2n) is 4.50. The van der Waals surface area contributed by atoms with Crippen LogP contribution in [0.3, 0.4) is 0 Å². The van der Waals surface area contributed by atoms with E-state index in [4.69, 9.17) is 0 Å². The minimum atomic E-state index is -0.546. The van der Waals surface area contributed by atoms with Gasteiger partial charge in [-0.2, -0.15) is 0 Å². The van der Waals surface area contributed by atoms with Gasteiger partial charge in [-0.1, -0.05) is 44.2 Å². The molecule has 1 N–H and O–H groups in total. The molecule has 0 unspecified atom stereocenters. The SMILES string of the molecule is CC(C)[C@](C)(O)CCc1ccccc1. The van der Waals surface area contributed by atoms with Crippen molar-refractivity contribution >= 4 is 0 Å². The maximum Gasteiger partial charge on any atom is 0.0645 e. The minimum Gasteiger partial charge on any atom is -0.390 e. The van der Waals surface area contributed by atoms with Crippen LogP contribution in [0.4, 0.5) is 0 Å². The highest BCUT2D eigenvalue weighted by Gasteiger charge is 2.23. The summed E-state index contributed by atoms with van der Waals surface area (Å²) in [6.45, 7) is 6.04. The van der Waals surface area contributed by atoms with Gasteiger partial charge in [0.25, 0.3) is 0 Å². The molecule has 78 valence electrons. The summed E-state index contributed by atoms with van der Waals surface area (Å²) < 4.78 is 0. The smallest absolute Gasteiger partial charge is 0.0645 e. The molecule has 0 spiro atoms. The molecule has 0 saturated heterocycles. The Balaban J connectivity index is 2.49. The zero-order valence-electron chi connectivity index (χ0n) is 9.33. The lowest BCUT2D eigenvalue weighted by molar-refractivity contribution is 0.00569. The number of hydrogen-bond donors (Lipinski definition) is 1. The minimum absolute atomic E-state index is 0.311. The van der Waals surface area contributed by atoms with Gasteiger partial charge in [0.2, 0.25) is 0 Å². The summed E-state index contributed by atoms with van der Waals surface area (Å²) in [5.74, 6) is 0.311. The molecule has 1 atom stereocenters. The maximum atomic E-state index is 10.1. The van der Waals surface area contributed by atoms with Crippen LogP contribution in [-0.2, 0) is 6.42 Å². The normalized spacial score (nSPS) is 15.5. The van der Waals surface area contributed by atoms with Crippen molar-refractivity contribution in [3.8, 4) is 0 Å². The molecular formula is C13H20O. The van der Waals surface area contributed by atoms with Gasteiger partial charge in [-0.25, -0.2) is 0 Å². The molecule has 1 heteroatoms. The lowest BCUT2D eigenvalue weighted by Crippen LogP contribution is -2.31. The van der Waals surface area contributed by atoms with E-state index in [1.165, 1.54) is 5.56 Å². The molecule has 0 aromatic heterocycles. The average molecular weight is 192 g/mol. The summed E-state index contributed by atoms with van der Waals surface area (Å²) in [7, 11) is 0. The summed E-state index contributed by atoms with van der Waals surface area (Å²) in [5, 5.41) is 10.1. The van der Waals surface area contributed by atoms with E-state index in [0.717, 1.165) is 12.8 Å². The molecule has 0 aliphatic heterocycles. The molecule has 14 heavy (non-hydrogen) atoms. The van der Waals surface area contributed by atoms with Gasteiger partial charge in [0.15, 0.2) is 0 Å². The highest BCUT2D eigenvalue weighted by Crippen LogP contribution is 2.22. The van der Waals surface area contributed by atoms with E-state index >= 15 is 0 Å². The topological polar surface area (TPSA) is 20.2 Å². The average Bonchev–Trinajstić information content (AvgIpc) is 2.16. The van der Waals surface area contributed by atoms with E-state index in [0.29, 0.717) is 5.92 Å². The van der Waals surface area contributed by atoms with E-state index in [1.807, 2.05) is 25.1 Å². The van der Waals surface area contributed by atoms with Crippen LogP contribution in [0.2, 0.25) is 0 Å². The molecule has 0 radical (unpaired) electrons. The third kappa shape index (κ3) is 3.15. The van der Waals surface area contributed by atoms with Gasteiger partial charge in [-0.05, 0) is 31.2 Å². The van der Waals surface area contributed by atoms with Gasteiger partial charge in [0, 0.05) is 0 Å². The molecule has 0 aliphatic carbocycles. The molecule has 0 aliphatic rings. The lowest BCUT2D eigenvalue weighted by atomic mass is 9.87. The molecule has 1 rings (SSSR count). The second kappa shape index (κ2) is 4.61. The Kier molecular flexibility index (Phi) is 3.70. The third-order valence-electron chi connectivity index (χ3n) is 3.01. The van der Waals surface area contributed by atoms with E-state index in [2.05, 4.69) is 26.0 Å². The summed E-state index contributed by atoms with van der Waals surface area (Å²) in [6.07, 6.45) is 1.78. The van der Waals surface area contributed by atoms with Crippen LogP contribution >= 0.6 is 0 Å². The molecule has 1 aromatic rings. The Morgan fingerprint density at radius 3 is 2.29 bits per heavy atom. The van der Waals surface area contributed by atoms with E-state index < -0.39 is 5.60 Å². The van der Waals surface area contributed by atoms with E-state index in [1.54, 1.807) is 0 Å². The Morgan fingerprint density at radius 1 is 1.21 bits per heavy atom. The highest BCUT2D eigenvalue weighted by molar-refractivity contribution is 5.15. The fourth-order valence-electron chi connectivity index (χ4n) is 1.33. The van der Waals surface area contributed by atoms with Gasteiger partial charge in [-0.3, -0.25) is 0 Å². The third-order valence-corrected chi connectivity index (χ3v) is 3.01. The van der Waals surface area contributed by atoms with Crippen LogP contribution in [0.5, 0.6) is 0 Å². The van der Waals surface area contributed by atoms with Crippen LogP contribution in [0.15, 0.2) is 30.3 Å². The fourth-order valence-corrected chi connectivity index (χ4v) is 1.33. The number of aliphatic hydroxyl groups is 1. The number of hydrogen-bond acceptors (Lipinski definition) is 1. The monoisotopic (exact) mass is 192 g/mol. The Hall–Kier alpha value is -0.820. The predicted octanol–water partition coefficient (Wildman–Crippen LogP) is 3.03. The Labute approximate surface area is 86.8 Å². The molecule has 0 saturated carbocycles. The maximum absolute atomic E-state index is 10.1. The molecule has 1 aromatic carbocycles. The zero-order chi connectivity index (χ0) is 10.6. The van der Waals surface area contributed by atoms with Gasteiger partial charge < -0.3 is 5.11 Å². The second-order valence-corrected chi connectivity index (χ2v) is 4.50. The van der Waals surface area contributed by atoms with Crippen LogP contribution in [0.25, 0.3) is 0 Å². The van der Waals surface area contributed by atoms with Crippen molar-refractivity contribution in [2.75, 3.05) is 0 Å². The largest absolute Gasteiger partial charge is 0.390 e. The van der Waals surface area contributed by atoms with Crippen LogP contribution < -0.4 is 0 Å². The summed E-state index contributed by atoms with van der Waals surface area (Å²) in [5.41, 5.74) is 0.754. The first kappa shape index (κ1) is 11.3. The van der Waals surface area contributed by atoms with Crippen molar-refractivity contribution < 1.29 is 5.11 Å². The van der Waals surface area contributed by atoms with Crippen molar-refractivity contribution in [2.45, 2.75) is 39.2 Å². The van der Waals surface area contributed by atoms with Crippen molar-refractivity contribution in [2.24, 2.45) is 5.92 Å². The summed E-state index contributed by atoms with van der Waals surface area (Å²) >= 11 is 0. The zero-order valence-corrected chi connectivity index (χ0v) is 9.33. The number of aryl methyl sites for hydroxylation is 1. The van der Waals surface area contributed by atoms with Crippen molar-refractivity contribution in [1.82, 2.24) is 0 Å². The summed E-state index contributed by atoms with van der Waals surface area (Å²) in [6, 6.07) is 10.3. The van der Waals surface area contributed by atoms with Crippen molar-refractivity contribution in [3.05, 3.63) is 35.9 Å². The van der Waals surface area contributed by atoms with Gasteiger partial charge in [0.05, 0.1) is 5.60 Å². The Morgan fingerprint density at radius 2 is 1.79 bits per heavy atom. The quantitative estimate of drug-likeness (QED) is 0.777. The van der Waals surface area contributed by atoms with Crippen LogP contribution in [0, 0.1) is 5.92 Å². The standard InChI is InChI=1S/C13H20O/c1-11(2)13(3,14)10-9-12-7-5-4-6-8-12/h4-8,11,14H,9-10H2,1-3H3/t13-/m1/s1. The first-order valence-electron chi connectivity index (χ1n) is 5.28. The first-order chi connectivity index (χ1) is 6.52. The van der Waals surface area contributed by atoms with E-state index in [9.17, 15) is 5.11 Å². The molecule has 0 heterocycles. The first-order valence-corrected chi connectivity index (χ1v) is 5.28. The summed E-state index contributed by atoms with van der Waals surface area (Å²) in [4.78, 5) is 0. The van der Waals surface area contributed by atoms with Crippen molar-refractivity contribution in [3.63, 3.8) is 0 Å². The van der Waals surface area contributed by atoms with Gasteiger partial charge in [0.1, 0.15) is 0 Å². The van der Waals surface area contributed by atoms with Crippen LogP contribution in [-0.4, -0.2) is 10.7 Å². The van der Waals surface area contributed by atoms with Crippen molar-refractivity contribution in [1.29, 1.82) is 0 Å². The molecular weight excluding hydrogens is 172 g/mol. The number of benzene rings is 1.